The molecular formula is C16H22N4O2. The van der Waals surface area contributed by atoms with Gasteiger partial charge < -0.3 is 15.0 Å². The van der Waals surface area contributed by atoms with Crippen molar-refractivity contribution in [3.63, 3.8) is 0 Å². The molecule has 2 heterocycles. The van der Waals surface area contributed by atoms with Gasteiger partial charge in [-0.05, 0) is 45.7 Å². The highest BCUT2D eigenvalue weighted by Crippen LogP contribution is 2.21. The quantitative estimate of drug-likeness (QED) is 0.908. The maximum absolute atomic E-state index is 11.9. The number of hydrogen-bond acceptors (Lipinski definition) is 5. The van der Waals surface area contributed by atoms with Crippen molar-refractivity contribution in [1.29, 1.82) is 5.26 Å². The molecule has 1 N–H and O–H groups in total. The van der Waals surface area contributed by atoms with E-state index in [9.17, 15) is 10.1 Å². The van der Waals surface area contributed by atoms with Gasteiger partial charge in [0.1, 0.15) is 17.5 Å². The maximum Gasteiger partial charge on any atom is 0.407 e. The van der Waals surface area contributed by atoms with Crippen LogP contribution in [0.2, 0.25) is 0 Å². The van der Waals surface area contributed by atoms with Crippen LogP contribution in [-0.4, -0.2) is 35.8 Å². The lowest BCUT2D eigenvalue weighted by Gasteiger charge is -2.34. The van der Waals surface area contributed by atoms with Crippen LogP contribution in [0, 0.1) is 11.3 Å². The fraction of sp³-hybridized carbons (Fsp3) is 0.562. The fourth-order valence-electron chi connectivity index (χ4n) is 2.50. The second-order valence-electron chi connectivity index (χ2n) is 6.42. The molecule has 0 spiro atoms. The molecule has 22 heavy (non-hydrogen) atoms. The van der Waals surface area contributed by atoms with Gasteiger partial charge in [0.05, 0.1) is 5.56 Å². The predicted octanol–water partition coefficient (Wildman–Crippen LogP) is 2.45. The number of nitriles is 1. The first kappa shape index (κ1) is 16.1. The summed E-state index contributed by atoms with van der Waals surface area (Å²) in [6.07, 6.45) is 3.11. The molecular weight excluding hydrogens is 280 g/mol. The molecule has 1 aromatic rings. The highest BCUT2D eigenvalue weighted by Gasteiger charge is 2.25. The number of alkyl carbamates (subject to hydrolysis) is 1. The average molecular weight is 302 g/mol. The van der Waals surface area contributed by atoms with Crippen LogP contribution in [0.3, 0.4) is 0 Å². The van der Waals surface area contributed by atoms with Crippen LogP contribution in [0.25, 0.3) is 0 Å². The van der Waals surface area contributed by atoms with Crippen LogP contribution >= 0.6 is 0 Å². The summed E-state index contributed by atoms with van der Waals surface area (Å²) in [5, 5.41) is 12.1. The van der Waals surface area contributed by atoms with E-state index in [0.717, 1.165) is 19.4 Å². The smallest absolute Gasteiger partial charge is 0.407 e. The second-order valence-corrected chi connectivity index (χ2v) is 6.42. The molecule has 0 saturated carbocycles. The van der Waals surface area contributed by atoms with Crippen molar-refractivity contribution >= 4 is 11.9 Å². The fourth-order valence-corrected chi connectivity index (χ4v) is 2.50. The Kier molecular flexibility index (Phi) is 4.86. The van der Waals surface area contributed by atoms with Gasteiger partial charge in [0, 0.05) is 25.3 Å². The van der Waals surface area contributed by atoms with Gasteiger partial charge in [-0.15, -0.1) is 0 Å². The Hall–Kier alpha value is -2.29. The third-order valence-corrected chi connectivity index (χ3v) is 3.35. The number of nitrogens with zero attached hydrogens (tertiary/aromatic N) is 3. The number of anilines is 1. The summed E-state index contributed by atoms with van der Waals surface area (Å²) < 4.78 is 5.29. The summed E-state index contributed by atoms with van der Waals surface area (Å²) in [7, 11) is 0. The van der Waals surface area contributed by atoms with Gasteiger partial charge in [-0.2, -0.15) is 5.26 Å². The SMILES string of the molecule is CC(C)(C)OC(=O)N[C@@H]1CCCN(c2ncccc2C#N)C1. The van der Waals surface area contributed by atoms with Crippen molar-refractivity contribution in [2.45, 2.75) is 45.3 Å². The minimum atomic E-state index is -0.507. The molecule has 0 radical (unpaired) electrons. The molecule has 0 aliphatic carbocycles. The van der Waals surface area contributed by atoms with Gasteiger partial charge in [0.25, 0.3) is 0 Å². The van der Waals surface area contributed by atoms with Crippen molar-refractivity contribution in [1.82, 2.24) is 10.3 Å². The van der Waals surface area contributed by atoms with Crippen LogP contribution in [0.15, 0.2) is 18.3 Å². The predicted molar refractivity (Wildman–Crippen MR) is 83.6 cm³/mol. The van der Waals surface area contributed by atoms with Gasteiger partial charge in [0.2, 0.25) is 0 Å². The molecule has 0 bridgehead atoms. The number of rotatable bonds is 2. The maximum atomic E-state index is 11.9. The van der Waals surface area contributed by atoms with E-state index < -0.39 is 11.7 Å². The molecule has 2 rings (SSSR count). The zero-order chi connectivity index (χ0) is 16.2. The standard InChI is InChI=1S/C16H22N4O2/c1-16(2,3)22-15(21)19-13-7-5-9-20(11-13)14-12(10-17)6-4-8-18-14/h4,6,8,13H,5,7,9,11H2,1-3H3,(H,19,21)/t13-/m1/s1. The monoisotopic (exact) mass is 302 g/mol. The van der Waals surface area contributed by atoms with Crippen LogP contribution in [0.5, 0.6) is 0 Å². The number of nitrogens with one attached hydrogen (secondary N) is 1. The van der Waals surface area contributed by atoms with E-state index >= 15 is 0 Å². The van der Waals surface area contributed by atoms with E-state index in [-0.39, 0.29) is 6.04 Å². The normalized spacial score (nSPS) is 18.5. The molecule has 1 amide bonds. The first-order chi connectivity index (χ1) is 10.4. The van der Waals surface area contributed by atoms with E-state index in [1.807, 2.05) is 25.7 Å². The molecule has 1 fully saturated rings. The number of amides is 1. The number of carbonyl (C=O) groups excluding carboxylic acids is 1. The zero-order valence-corrected chi connectivity index (χ0v) is 13.3. The Morgan fingerprint density at radius 2 is 2.32 bits per heavy atom. The van der Waals surface area contributed by atoms with Crippen molar-refractivity contribution in [3.05, 3.63) is 23.9 Å². The second kappa shape index (κ2) is 6.65. The summed E-state index contributed by atoms with van der Waals surface area (Å²) in [5.41, 5.74) is 0.0494. The molecule has 0 aromatic carbocycles. The number of aromatic nitrogens is 1. The summed E-state index contributed by atoms with van der Waals surface area (Å²) in [4.78, 5) is 18.2. The Morgan fingerprint density at radius 1 is 1.55 bits per heavy atom. The Bertz CT molecular complexity index is 574. The number of piperidine rings is 1. The van der Waals surface area contributed by atoms with E-state index in [0.29, 0.717) is 17.9 Å². The third-order valence-electron chi connectivity index (χ3n) is 3.35. The molecule has 1 saturated heterocycles. The Balaban J connectivity index is 2.00. The highest BCUT2D eigenvalue weighted by atomic mass is 16.6. The molecule has 0 unspecified atom stereocenters. The topological polar surface area (TPSA) is 78.2 Å². The van der Waals surface area contributed by atoms with Crippen LogP contribution < -0.4 is 10.2 Å². The number of carbonyl (C=O) groups is 1. The minimum Gasteiger partial charge on any atom is -0.444 e. The molecule has 6 heteroatoms. The lowest BCUT2D eigenvalue weighted by Crippen LogP contribution is -2.49. The van der Waals surface area contributed by atoms with Crippen LogP contribution in [0.1, 0.15) is 39.2 Å². The summed E-state index contributed by atoms with van der Waals surface area (Å²) in [5.74, 6) is 0.681. The number of hydrogen-bond donors (Lipinski definition) is 1. The molecule has 1 aliphatic heterocycles. The lowest BCUT2D eigenvalue weighted by atomic mass is 10.1. The molecule has 118 valence electrons. The van der Waals surface area contributed by atoms with Gasteiger partial charge in [-0.3, -0.25) is 0 Å². The van der Waals surface area contributed by atoms with Crippen molar-refractivity contribution in [2.75, 3.05) is 18.0 Å². The minimum absolute atomic E-state index is 0.00264. The molecule has 6 nitrogen and oxygen atoms in total. The van der Waals surface area contributed by atoms with E-state index in [1.165, 1.54) is 0 Å². The molecule has 1 atom stereocenters. The van der Waals surface area contributed by atoms with E-state index in [2.05, 4.69) is 16.4 Å². The Labute approximate surface area is 131 Å². The first-order valence-electron chi connectivity index (χ1n) is 7.48. The highest BCUT2D eigenvalue weighted by molar-refractivity contribution is 5.68. The first-order valence-corrected chi connectivity index (χ1v) is 7.48. The van der Waals surface area contributed by atoms with Gasteiger partial charge in [-0.25, -0.2) is 9.78 Å². The van der Waals surface area contributed by atoms with E-state index in [1.54, 1.807) is 18.3 Å². The van der Waals surface area contributed by atoms with Crippen molar-refractivity contribution < 1.29 is 9.53 Å². The lowest BCUT2D eigenvalue weighted by molar-refractivity contribution is 0.0500. The zero-order valence-electron chi connectivity index (χ0n) is 13.3. The van der Waals surface area contributed by atoms with Crippen LogP contribution in [-0.2, 0) is 4.74 Å². The number of ether oxygens (including phenoxy) is 1. The van der Waals surface area contributed by atoms with Gasteiger partial charge >= 0.3 is 6.09 Å². The van der Waals surface area contributed by atoms with Gasteiger partial charge in [-0.1, -0.05) is 0 Å². The third kappa shape index (κ3) is 4.35. The Morgan fingerprint density at radius 3 is 3.00 bits per heavy atom. The van der Waals surface area contributed by atoms with Crippen molar-refractivity contribution in [3.8, 4) is 6.07 Å². The summed E-state index contributed by atoms with van der Waals surface area (Å²) >= 11 is 0. The average Bonchev–Trinajstić information content (AvgIpc) is 2.45. The largest absolute Gasteiger partial charge is 0.444 e. The molecule has 1 aliphatic rings. The summed E-state index contributed by atoms with van der Waals surface area (Å²) in [6, 6.07) is 5.67. The molecule has 1 aromatic heterocycles. The van der Waals surface area contributed by atoms with E-state index in [4.69, 9.17) is 4.74 Å². The summed E-state index contributed by atoms with van der Waals surface area (Å²) in [6.45, 7) is 6.98. The van der Waals surface area contributed by atoms with Gasteiger partial charge in [0.15, 0.2) is 0 Å². The number of pyridine rings is 1. The van der Waals surface area contributed by atoms with Crippen LogP contribution in [0.4, 0.5) is 10.6 Å². The van der Waals surface area contributed by atoms with Crippen molar-refractivity contribution in [2.24, 2.45) is 0 Å².